The van der Waals surface area contributed by atoms with Crippen molar-refractivity contribution >= 4 is 22.9 Å². The average Bonchev–Trinajstić information content (AvgIpc) is 3.28. The van der Waals surface area contributed by atoms with Crippen molar-refractivity contribution in [2.45, 2.75) is 39.3 Å². The number of aromatic nitrogens is 4. The van der Waals surface area contributed by atoms with Gasteiger partial charge < -0.3 is 14.5 Å². The van der Waals surface area contributed by atoms with Gasteiger partial charge in [-0.1, -0.05) is 18.2 Å². The van der Waals surface area contributed by atoms with E-state index in [-0.39, 0.29) is 18.0 Å². The van der Waals surface area contributed by atoms with E-state index in [2.05, 4.69) is 25.9 Å². The summed E-state index contributed by atoms with van der Waals surface area (Å²) in [6, 6.07) is 11.9. The van der Waals surface area contributed by atoms with Gasteiger partial charge in [0.05, 0.1) is 17.0 Å². The number of hydrogen-bond donors (Lipinski definition) is 0. The lowest BCUT2D eigenvalue weighted by Crippen LogP contribution is -2.54. The maximum Gasteiger partial charge on any atom is 0.410 e. The predicted octanol–water partition coefficient (Wildman–Crippen LogP) is 4.94. The molecule has 1 aliphatic heterocycles. The standard InChI is InChI=1S/C28H28FN7O2/c1-18-15-34(27(37)38-28(2,3)4)11-12-35(18)25-24-21(20-7-5-6-8-22(20)29)16-36(26(24)33-17-32-25)23-13-19(14-30)9-10-31-23/h5-10,13,16-18H,11-12,15H2,1-4H3. The molecule has 10 heteroatoms. The lowest BCUT2D eigenvalue weighted by molar-refractivity contribution is 0.0218. The minimum Gasteiger partial charge on any atom is -0.444 e. The fraction of sp³-hybridized carbons (Fsp3) is 0.321. The number of fused-ring (bicyclic) bond motifs is 1. The maximum absolute atomic E-state index is 15.1. The number of anilines is 1. The molecule has 0 N–H and O–H groups in total. The fourth-order valence-corrected chi connectivity index (χ4v) is 4.71. The van der Waals surface area contributed by atoms with Gasteiger partial charge in [0.15, 0.2) is 5.65 Å². The molecular weight excluding hydrogens is 485 g/mol. The molecule has 1 aliphatic rings. The van der Waals surface area contributed by atoms with Crippen molar-refractivity contribution in [1.29, 1.82) is 5.26 Å². The van der Waals surface area contributed by atoms with Crippen LogP contribution in [0.25, 0.3) is 28.0 Å². The molecule has 38 heavy (non-hydrogen) atoms. The van der Waals surface area contributed by atoms with Gasteiger partial charge in [-0.25, -0.2) is 24.1 Å². The Morgan fingerprint density at radius 1 is 1.13 bits per heavy atom. The van der Waals surface area contributed by atoms with Gasteiger partial charge >= 0.3 is 6.09 Å². The Morgan fingerprint density at radius 2 is 1.92 bits per heavy atom. The molecule has 1 amide bonds. The third-order valence-corrected chi connectivity index (χ3v) is 6.40. The van der Waals surface area contributed by atoms with E-state index in [1.807, 2.05) is 27.7 Å². The van der Waals surface area contributed by atoms with E-state index in [9.17, 15) is 10.1 Å². The number of nitriles is 1. The van der Waals surface area contributed by atoms with Crippen LogP contribution in [0.1, 0.15) is 33.3 Å². The third-order valence-electron chi connectivity index (χ3n) is 6.40. The molecular formula is C28H28FN7O2. The van der Waals surface area contributed by atoms with Gasteiger partial charge in [-0.3, -0.25) is 4.57 Å². The Hall–Kier alpha value is -4.52. The van der Waals surface area contributed by atoms with Gasteiger partial charge in [0.1, 0.15) is 29.4 Å². The molecule has 5 rings (SSSR count). The lowest BCUT2D eigenvalue weighted by Gasteiger charge is -2.41. The molecule has 1 saturated heterocycles. The minimum atomic E-state index is -0.579. The molecule has 1 aromatic carbocycles. The summed E-state index contributed by atoms with van der Waals surface area (Å²) in [6.07, 6.45) is 4.47. The monoisotopic (exact) mass is 513 g/mol. The second-order valence-electron chi connectivity index (χ2n) is 10.3. The van der Waals surface area contributed by atoms with Crippen LogP contribution in [0, 0.1) is 17.1 Å². The van der Waals surface area contributed by atoms with Gasteiger partial charge in [-0.05, 0) is 45.9 Å². The van der Waals surface area contributed by atoms with E-state index in [1.54, 1.807) is 52.2 Å². The van der Waals surface area contributed by atoms with Crippen molar-refractivity contribution in [3.05, 3.63) is 66.5 Å². The van der Waals surface area contributed by atoms with Crippen LogP contribution >= 0.6 is 0 Å². The summed E-state index contributed by atoms with van der Waals surface area (Å²) in [6.45, 7) is 8.96. The average molecular weight is 514 g/mol. The molecule has 1 unspecified atom stereocenters. The first-order chi connectivity index (χ1) is 18.2. The summed E-state index contributed by atoms with van der Waals surface area (Å²) in [4.78, 5) is 30.1. The molecule has 9 nitrogen and oxygen atoms in total. The molecule has 4 aromatic rings. The number of hydrogen-bond acceptors (Lipinski definition) is 7. The summed E-state index contributed by atoms with van der Waals surface area (Å²) < 4.78 is 22.4. The minimum absolute atomic E-state index is 0.0915. The fourth-order valence-electron chi connectivity index (χ4n) is 4.71. The maximum atomic E-state index is 15.1. The van der Waals surface area contributed by atoms with E-state index in [0.717, 1.165) is 0 Å². The van der Waals surface area contributed by atoms with Crippen molar-refractivity contribution in [3.63, 3.8) is 0 Å². The number of carbonyl (C=O) groups excluding carboxylic acids is 1. The molecule has 1 fully saturated rings. The van der Waals surface area contributed by atoms with Crippen LogP contribution in [0.3, 0.4) is 0 Å². The predicted molar refractivity (Wildman–Crippen MR) is 141 cm³/mol. The van der Waals surface area contributed by atoms with Crippen LogP contribution in [0.5, 0.6) is 0 Å². The SMILES string of the molecule is CC1CN(C(=O)OC(C)(C)C)CCN1c1ncnc2c1c(-c1ccccc1F)cn2-c1cc(C#N)ccn1. The van der Waals surface area contributed by atoms with Crippen LogP contribution in [0.15, 0.2) is 55.1 Å². The van der Waals surface area contributed by atoms with Crippen LogP contribution in [0.2, 0.25) is 0 Å². The zero-order valence-electron chi connectivity index (χ0n) is 21.7. The number of rotatable bonds is 3. The van der Waals surface area contributed by atoms with Gasteiger partial charge in [-0.2, -0.15) is 5.26 Å². The van der Waals surface area contributed by atoms with Gasteiger partial charge in [0, 0.05) is 49.2 Å². The number of nitrogens with zero attached hydrogens (tertiary/aromatic N) is 7. The van der Waals surface area contributed by atoms with Crippen molar-refractivity contribution in [2.24, 2.45) is 0 Å². The highest BCUT2D eigenvalue weighted by atomic mass is 19.1. The topological polar surface area (TPSA) is 100 Å². The quantitative estimate of drug-likeness (QED) is 0.383. The van der Waals surface area contributed by atoms with Gasteiger partial charge in [0.25, 0.3) is 0 Å². The summed E-state index contributed by atoms with van der Waals surface area (Å²) >= 11 is 0. The molecule has 0 spiro atoms. The molecule has 0 bridgehead atoms. The number of ether oxygens (including phenoxy) is 1. The Kier molecular flexibility index (Phi) is 6.45. The largest absolute Gasteiger partial charge is 0.444 e. The Morgan fingerprint density at radius 3 is 2.63 bits per heavy atom. The molecule has 0 radical (unpaired) electrons. The Bertz CT molecular complexity index is 1550. The zero-order valence-corrected chi connectivity index (χ0v) is 21.7. The third kappa shape index (κ3) is 4.75. The highest BCUT2D eigenvalue weighted by molar-refractivity contribution is 6.02. The summed E-state index contributed by atoms with van der Waals surface area (Å²) in [5.41, 5.74) is 1.43. The summed E-state index contributed by atoms with van der Waals surface area (Å²) in [5, 5.41) is 10.1. The first-order valence-electron chi connectivity index (χ1n) is 12.4. The highest BCUT2D eigenvalue weighted by Crippen LogP contribution is 2.38. The Balaban J connectivity index is 1.62. The summed E-state index contributed by atoms with van der Waals surface area (Å²) in [7, 11) is 0. The van der Waals surface area contributed by atoms with Crippen LogP contribution < -0.4 is 4.90 Å². The highest BCUT2D eigenvalue weighted by Gasteiger charge is 2.32. The van der Waals surface area contributed by atoms with Gasteiger partial charge in [-0.15, -0.1) is 0 Å². The number of halogens is 1. The van der Waals surface area contributed by atoms with Crippen LogP contribution in [0.4, 0.5) is 15.0 Å². The van der Waals surface area contributed by atoms with Gasteiger partial charge in [0.2, 0.25) is 0 Å². The van der Waals surface area contributed by atoms with Crippen LogP contribution in [-0.4, -0.2) is 61.8 Å². The van der Waals surface area contributed by atoms with E-state index in [0.29, 0.717) is 59.0 Å². The molecule has 1 atom stereocenters. The first-order valence-corrected chi connectivity index (χ1v) is 12.4. The number of pyridine rings is 1. The number of piperazine rings is 1. The number of benzene rings is 1. The number of carbonyl (C=O) groups is 1. The van der Waals surface area contributed by atoms with Crippen LogP contribution in [-0.2, 0) is 4.74 Å². The zero-order chi connectivity index (χ0) is 27.0. The van der Waals surface area contributed by atoms with Crippen molar-refractivity contribution in [3.8, 4) is 23.0 Å². The molecule has 194 valence electrons. The summed E-state index contributed by atoms with van der Waals surface area (Å²) in [5.74, 6) is 0.756. The molecule has 3 aromatic heterocycles. The lowest BCUT2D eigenvalue weighted by atomic mass is 10.0. The normalized spacial score (nSPS) is 15.9. The van der Waals surface area contributed by atoms with Crippen molar-refractivity contribution < 1.29 is 13.9 Å². The smallest absolute Gasteiger partial charge is 0.410 e. The van der Waals surface area contributed by atoms with E-state index >= 15 is 4.39 Å². The number of amides is 1. The van der Waals surface area contributed by atoms with Crippen molar-refractivity contribution in [2.75, 3.05) is 24.5 Å². The van der Waals surface area contributed by atoms with E-state index < -0.39 is 5.60 Å². The second kappa shape index (κ2) is 9.74. The van der Waals surface area contributed by atoms with E-state index in [4.69, 9.17) is 4.74 Å². The Labute approximate surface area is 220 Å². The molecule has 0 aliphatic carbocycles. The van der Waals surface area contributed by atoms with Crippen molar-refractivity contribution in [1.82, 2.24) is 24.4 Å². The second-order valence-corrected chi connectivity index (χ2v) is 10.3. The molecule has 4 heterocycles. The first kappa shape index (κ1) is 25.1. The van der Waals surface area contributed by atoms with E-state index in [1.165, 1.54) is 12.4 Å². The molecule has 0 saturated carbocycles.